The summed E-state index contributed by atoms with van der Waals surface area (Å²) in [6.45, 7) is 7.67. The maximum atomic E-state index is 6.39. The molecule has 1 aromatic heterocycles. The molecular weight excluding hydrogens is 258 g/mol. The predicted octanol–water partition coefficient (Wildman–Crippen LogP) is 3.48. The van der Waals surface area contributed by atoms with E-state index in [9.17, 15) is 0 Å². The maximum Gasteiger partial charge on any atom is 0.0847 e. The van der Waals surface area contributed by atoms with Crippen LogP contribution in [0.1, 0.15) is 50.9 Å². The molecule has 0 aliphatic heterocycles. The van der Waals surface area contributed by atoms with Gasteiger partial charge in [0.15, 0.2) is 0 Å². The summed E-state index contributed by atoms with van der Waals surface area (Å²) < 4.78 is 1.95. The van der Waals surface area contributed by atoms with Crippen LogP contribution in [0.15, 0.2) is 0 Å². The Kier molecular flexibility index (Phi) is 4.57. The van der Waals surface area contributed by atoms with Crippen molar-refractivity contribution in [2.75, 3.05) is 6.54 Å². The molecule has 1 N–H and O–H groups in total. The van der Waals surface area contributed by atoms with Crippen LogP contribution in [-0.4, -0.2) is 22.4 Å². The second-order valence-corrected chi connectivity index (χ2v) is 6.74. The highest BCUT2D eigenvalue weighted by atomic mass is 35.5. The molecule has 1 aliphatic rings. The molecule has 1 unspecified atom stereocenters. The summed E-state index contributed by atoms with van der Waals surface area (Å²) in [5.41, 5.74) is 2.38. The van der Waals surface area contributed by atoms with Gasteiger partial charge in [-0.25, -0.2) is 0 Å². The highest BCUT2D eigenvalue weighted by Gasteiger charge is 2.30. The van der Waals surface area contributed by atoms with E-state index in [4.69, 9.17) is 11.6 Å². The Labute approximate surface area is 121 Å². The summed E-state index contributed by atoms with van der Waals surface area (Å²) in [5, 5.41) is 8.95. The van der Waals surface area contributed by atoms with Crippen LogP contribution in [-0.2, 0) is 13.5 Å². The van der Waals surface area contributed by atoms with Gasteiger partial charge >= 0.3 is 0 Å². The first-order valence-corrected chi connectivity index (χ1v) is 7.74. The van der Waals surface area contributed by atoms with Crippen molar-refractivity contribution in [2.45, 2.75) is 58.9 Å². The zero-order valence-corrected chi connectivity index (χ0v) is 13.3. The second kappa shape index (κ2) is 5.84. The fourth-order valence-corrected chi connectivity index (χ4v) is 3.02. The van der Waals surface area contributed by atoms with Crippen LogP contribution in [0, 0.1) is 12.3 Å². The van der Waals surface area contributed by atoms with Crippen molar-refractivity contribution in [3.8, 4) is 0 Å². The quantitative estimate of drug-likeness (QED) is 0.830. The van der Waals surface area contributed by atoms with E-state index in [-0.39, 0.29) is 5.41 Å². The first-order valence-electron chi connectivity index (χ1n) is 7.36. The SMILES string of the molecule is CCCC(C)(CNC1CC1)Cc1c(Cl)c(C)nn1C. The van der Waals surface area contributed by atoms with E-state index in [0.29, 0.717) is 0 Å². The van der Waals surface area contributed by atoms with Crippen molar-refractivity contribution in [2.24, 2.45) is 12.5 Å². The number of aromatic nitrogens is 2. The first-order chi connectivity index (χ1) is 8.95. The minimum absolute atomic E-state index is 0.265. The van der Waals surface area contributed by atoms with Crippen LogP contribution in [0.3, 0.4) is 0 Å². The zero-order chi connectivity index (χ0) is 14.0. The highest BCUT2D eigenvalue weighted by molar-refractivity contribution is 6.31. The average molecular weight is 284 g/mol. The number of aryl methyl sites for hydroxylation is 2. The first kappa shape index (κ1) is 14.9. The largest absolute Gasteiger partial charge is 0.313 e. The second-order valence-electron chi connectivity index (χ2n) is 6.36. The number of halogens is 1. The Morgan fingerprint density at radius 2 is 2.16 bits per heavy atom. The van der Waals surface area contributed by atoms with E-state index in [1.54, 1.807) is 0 Å². The average Bonchev–Trinajstić information content (AvgIpc) is 3.13. The van der Waals surface area contributed by atoms with Gasteiger partial charge in [0.05, 0.1) is 16.4 Å². The topological polar surface area (TPSA) is 29.9 Å². The third-order valence-electron chi connectivity index (χ3n) is 4.10. The maximum absolute atomic E-state index is 6.39. The third-order valence-corrected chi connectivity index (χ3v) is 4.60. The molecule has 108 valence electrons. The summed E-state index contributed by atoms with van der Waals surface area (Å²) in [6.07, 6.45) is 6.10. The van der Waals surface area contributed by atoms with Crippen molar-refractivity contribution in [3.05, 3.63) is 16.4 Å². The van der Waals surface area contributed by atoms with Gasteiger partial charge in [-0.2, -0.15) is 5.10 Å². The molecule has 2 rings (SSSR count). The number of hydrogen-bond acceptors (Lipinski definition) is 2. The number of nitrogens with zero attached hydrogens (tertiary/aromatic N) is 2. The Morgan fingerprint density at radius 3 is 2.63 bits per heavy atom. The molecule has 0 spiro atoms. The fraction of sp³-hybridized carbons (Fsp3) is 0.800. The summed E-state index contributed by atoms with van der Waals surface area (Å²) in [6, 6.07) is 0.764. The standard InChI is InChI=1S/C15H26ClN3/c1-5-8-15(3,10-17-12-6-7-12)9-13-14(16)11(2)18-19(13)4/h12,17H,5-10H2,1-4H3. The normalized spacial score (nSPS) is 18.6. The van der Waals surface area contributed by atoms with Crippen LogP contribution < -0.4 is 5.32 Å². The Bertz CT molecular complexity index is 437. The monoisotopic (exact) mass is 283 g/mol. The lowest BCUT2D eigenvalue weighted by Gasteiger charge is -2.30. The van der Waals surface area contributed by atoms with Crippen LogP contribution in [0.4, 0.5) is 0 Å². The fourth-order valence-electron chi connectivity index (χ4n) is 2.80. The van der Waals surface area contributed by atoms with Crippen LogP contribution in [0.5, 0.6) is 0 Å². The Hall–Kier alpha value is -0.540. The molecule has 19 heavy (non-hydrogen) atoms. The number of rotatable bonds is 7. The van der Waals surface area contributed by atoms with Gasteiger partial charge < -0.3 is 5.32 Å². The molecule has 0 saturated heterocycles. The molecule has 1 heterocycles. The zero-order valence-electron chi connectivity index (χ0n) is 12.6. The van der Waals surface area contributed by atoms with Crippen molar-refractivity contribution in [1.29, 1.82) is 0 Å². The van der Waals surface area contributed by atoms with E-state index < -0.39 is 0 Å². The van der Waals surface area contributed by atoms with Gasteiger partial charge in [0.2, 0.25) is 0 Å². The lowest BCUT2D eigenvalue weighted by Crippen LogP contribution is -2.35. The van der Waals surface area contributed by atoms with Crippen LogP contribution in [0.25, 0.3) is 0 Å². The van der Waals surface area contributed by atoms with E-state index in [2.05, 4.69) is 24.3 Å². The third kappa shape index (κ3) is 3.73. The minimum atomic E-state index is 0.265. The van der Waals surface area contributed by atoms with Crippen molar-refractivity contribution >= 4 is 11.6 Å². The lowest BCUT2D eigenvalue weighted by atomic mass is 9.81. The van der Waals surface area contributed by atoms with Gasteiger partial charge in [0.1, 0.15) is 0 Å². The summed E-state index contributed by atoms with van der Waals surface area (Å²) >= 11 is 6.39. The summed E-state index contributed by atoms with van der Waals surface area (Å²) in [4.78, 5) is 0. The van der Waals surface area contributed by atoms with E-state index in [1.807, 2.05) is 18.7 Å². The highest BCUT2D eigenvalue weighted by Crippen LogP contribution is 2.32. The molecule has 3 nitrogen and oxygen atoms in total. The molecule has 0 amide bonds. The molecule has 0 bridgehead atoms. The summed E-state index contributed by atoms with van der Waals surface area (Å²) in [5.74, 6) is 0. The van der Waals surface area contributed by atoms with Gasteiger partial charge in [-0.1, -0.05) is 31.9 Å². The van der Waals surface area contributed by atoms with Gasteiger partial charge in [-0.05, 0) is 38.0 Å². The van der Waals surface area contributed by atoms with Gasteiger partial charge in [-0.3, -0.25) is 4.68 Å². The molecule has 4 heteroatoms. The van der Waals surface area contributed by atoms with Crippen LogP contribution in [0.2, 0.25) is 5.02 Å². The molecule has 1 aliphatic carbocycles. The van der Waals surface area contributed by atoms with E-state index in [1.165, 1.54) is 31.4 Å². The van der Waals surface area contributed by atoms with Crippen molar-refractivity contribution in [1.82, 2.24) is 15.1 Å². The summed E-state index contributed by atoms with van der Waals surface area (Å²) in [7, 11) is 1.99. The molecule has 0 aromatic carbocycles. The number of hydrogen-bond donors (Lipinski definition) is 1. The molecule has 1 atom stereocenters. The van der Waals surface area contributed by atoms with E-state index >= 15 is 0 Å². The molecular formula is C15H26ClN3. The lowest BCUT2D eigenvalue weighted by molar-refractivity contribution is 0.268. The Balaban J connectivity index is 2.09. The molecule has 1 fully saturated rings. The van der Waals surface area contributed by atoms with Gasteiger partial charge in [0.25, 0.3) is 0 Å². The Morgan fingerprint density at radius 1 is 1.47 bits per heavy atom. The predicted molar refractivity (Wildman–Crippen MR) is 80.7 cm³/mol. The smallest absolute Gasteiger partial charge is 0.0847 e. The van der Waals surface area contributed by atoms with Crippen LogP contribution >= 0.6 is 11.6 Å². The molecule has 1 saturated carbocycles. The van der Waals surface area contributed by atoms with E-state index in [0.717, 1.165) is 29.7 Å². The number of nitrogens with one attached hydrogen (secondary N) is 1. The minimum Gasteiger partial charge on any atom is -0.313 e. The molecule has 1 aromatic rings. The van der Waals surface area contributed by atoms with Gasteiger partial charge in [-0.15, -0.1) is 0 Å². The van der Waals surface area contributed by atoms with Crippen molar-refractivity contribution in [3.63, 3.8) is 0 Å². The molecule has 0 radical (unpaired) electrons. The van der Waals surface area contributed by atoms with Gasteiger partial charge in [0, 0.05) is 19.6 Å². The van der Waals surface area contributed by atoms with Crippen molar-refractivity contribution < 1.29 is 0 Å².